The van der Waals surface area contributed by atoms with Crippen LogP contribution < -0.4 is 10.2 Å². The smallest absolute Gasteiger partial charge is 0.277 e. The van der Waals surface area contributed by atoms with Gasteiger partial charge in [-0.25, -0.2) is 9.97 Å². The molecule has 1 aliphatic heterocycles. The standard InChI is InChI=1S/C21H19ClN4O/c22-17-7-5-15(6-8-17)9-12-23-21-24-13-10-18(25-21)20(27)26-14-11-16-3-1-2-4-19(16)26/h1-8,10,13H,9,11-12,14H2,(H,23,24,25). The van der Waals surface area contributed by atoms with E-state index in [0.717, 1.165) is 23.6 Å². The van der Waals surface area contributed by atoms with Crippen LogP contribution in [0.2, 0.25) is 5.02 Å². The highest BCUT2D eigenvalue weighted by atomic mass is 35.5. The molecule has 3 aromatic rings. The third-order valence-electron chi connectivity index (χ3n) is 4.62. The van der Waals surface area contributed by atoms with Crippen molar-refractivity contribution in [1.29, 1.82) is 0 Å². The van der Waals surface area contributed by atoms with E-state index < -0.39 is 0 Å². The number of amides is 1. The summed E-state index contributed by atoms with van der Waals surface area (Å²) in [4.78, 5) is 23.3. The second-order valence-electron chi connectivity index (χ2n) is 6.40. The predicted octanol–water partition coefficient (Wildman–Crippen LogP) is 3.99. The Bertz CT molecular complexity index is 958. The molecular formula is C21H19ClN4O. The number of rotatable bonds is 5. The Morgan fingerprint density at radius 3 is 2.78 bits per heavy atom. The second kappa shape index (κ2) is 7.76. The van der Waals surface area contributed by atoms with Gasteiger partial charge in [0.1, 0.15) is 5.69 Å². The molecule has 6 heteroatoms. The molecule has 0 fully saturated rings. The summed E-state index contributed by atoms with van der Waals surface area (Å²) in [7, 11) is 0. The van der Waals surface area contributed by atoms with Crippen LogP contribution in [-0.2, 0) is 12.8 Å². The van der Waals surface area contributed by atoms with Crippen molar-refractivity contribution in [2.24, 2.45) is 0 Å². The van der Waals surface area contributed by atoms with E-state index >= 15 is 0 Å². The van der Waals surface area contributed by atoms with Crippen molar-refractivity contribution in [2.75, 3.05) is 23.3 Å². The largest absolute Gasteiger partial charge is 0.354 e. The first-order valence-corrected chi connectivity index (χ1v) is 9.29. The van der Waals surface area contributed by atoms with Crippen LogP contribution in [0.3, 0.4) is 0 Å². The molecule has 2 heterocycles. The van der Waals surface area contributed by atoms with Crippen molar-refractivity contribution in [3.8, 4) is 0 Å². The Hall–Kier alpha value is -2.92. The zero-order valence-corrected chi connectivity index (χ0v) is 15.5. The average Bonchev–Trinajstić information content (AvgIpc) is 3.13. The van der Waals surface area contributed by atoms with Gasteiger partial charge in [-0.3, -0.25) is 4.79 Å². The lowest BCUT2D eigenvalue weighted by Gasteiger charge is -2.17. The van der Waals surface area contributed by atoms with Gasteiger partial charge in [-0.2, -0.15) is 0 Å². The molecule has 0 atom stereocenters. The molecule has 136 valence electrons. The lowest BCUT2D eigenvalue weighted by molar-refractivity contribution is 0.0984. The van der Waals surface area contributed by atoms with Gasteiger partial charge >= 0.3 is 0 Å². The summed E-state index contributed by atoms with van der Waals surface area (Å²) in [5.74, 6) is 0.366. The van der Waals surface area contributed by atoms with Gasteiger partial charge in [-0.1, -0.05) is 41.9 Å². The van der Waals surface area contributed by atoms with Crippen LogP contribution in [-0.4, -0.2) is 29.0 Å². The van der Waals surface area contributed by atoms with Gasteiger partial charge in [0.25, 0.3) is 5.91 Å². The third kappa shape index (κ3) is 3.93. The number of fused-ring (bicyclic) bond motifs is 1. The fourth-order valence-corrected chi connectivity index (χ4v) is 3.35. The van der Waals surface area contributed by atoms with Gasteiger partial charge in [-0.15, -0.1) is 0 Å². The molecule has 1 aromatic heterocycles. The van der Waals surface area contributed by atoms with Crippen LogP contribution in [0.25, 0.3) is 0 Å². The van der Waals surface area contributed by atoms with E-state index in [9.17, 15) is 4.79 Å². The minimum Gasteiger partial charge on any atom is -0.354 e. The van der Waals surface area contributed by atoms with Gasteiger partial charge in [0.15, 0.2) is 0 Å². The number of nitrogens with zero attached hydrogens (tertiary/aromatic N) is 3. The van der Waals surface area contributed by atoms with Gasteiger partial charge in [0, 0.05) is 30.0 Å². The molecule has 1 N–H and O–H groups in total. The van der Waals surface area contributed by atoms with Crippen molar-refractivity contribution in [3.63, 3.8) is 0 Å². The van der Waals surface area contributed by atoms with Crippen molar-refractivity contribution in [1.82, 2.24) is 9.97 Å². The molecular weight excluding hydrogens is 360 g/mol. The maximum atomic E-state index is 12.9. The van der Waals surface area contributed by atoms with Gasteiger partial charge < -0.3 is 10.2 Å². The summed E-state index contributed by atoms with van der Waals surface area (Å²) < 4.78 is 0. The van der Waals surface area contributed by atoms with Crippen molar-refractivity contribution in [3.05, 3.63) is 82.6 Å². The first-order chi connectivity index (χ1) is 13.2. The quantitative estimate of drug-likeness (QED) is 0.729. The summed E-state index contributed by atoms with van der Waals surface area (Å²) in [5, 5.41) is 3.91. The van der Waals surface area contributed by atoms with Crippen molar-refractivity contribution >= 4 is 29.1 Å². The van der Waals surface area contributed by atoms with Gasteiger partial charge in [0.2, 0.25) is 5.95 Å². The SMILES string of the molecule is O=C(c1ccnc(NCCc2ccc(Cl)cc2)n1)N1CCc2ccccc21. The molecule has 0 saturated carbocycles. The average molecular weight is 379 g/mol. The number of halogens is 1. The Balaban J connectivity index is 1.42. The monoisotopic (exact) mass is 378 g/mol. The number of carbonyl (C=O) groups is 1. The number of carbonyl (C=O) groups excluding carboxylic acids is 1. The van der Waals surface area contributed by atoms with Crippen LogP contribution in [0.1, 0.15) is 21.6 Å². The lowest BCUT2D eigenvalue weighted by Crippen LogP contribution is -2.29. The number of para-hydroxylation sites is 1. The van der Waals surface area contributed by atoms with E-state index in [0.29, 0.717) is 24.7 Å². The Morgan fingerprint density at radius 1 is 1.11 bits per heavy atom. The molecule has 0 unspecified atom stereocenters. The Labute approximate surface area is 163 Å². The molecule has 4 rings (SSSR count). The summed E-state index contributed by atoms with van der Waals surface area (Å²) >= 11 is 5.90. The number of hydrogen-bond acceptors (Lipinski definition) is 4. The minimum absolute atomic E-state index is 0.0944. The van der Waals surface area contributed by atoms with E-state index in [1.54, 1.807) is 17.2 Å². The van der Waals surface area contributed by atoms with Gasteiger partial charge in [0.05, 0.1) is 0 Å². The van der Waals surface area contributed by atoms with E-state index in [4.69, 9.17) is 11.6 Å². The third-order valence-corrected chi connectivity index (χ3v) is 4.87. The Morgan fingerprint density at radius 2 is 1.93 bits per heavy atom. The summed E-state index contributed by atoms with van der Waals surface area (Å²) in [6.45, 7) is 1.35. The second-order valence-corrected chi connectivity index (χ2v) is 6.84. The molecule has 0 bridgehead atoms. The van der Waals surface area contributed by atoms with Crippen LogP contribution >= 0.6 is 11.6 Å². The predicted molar refractivity (Wildman–Crippen MR) is 108 cm³/mol. The summed E-state index contributed by atoms with van der Waals surface area (Å²) in [6, 6.07) is 17.4. The van der Waals surface area contributed by atoms with Crippen LogP contribution in [0.4, 0.5) is 11.6 Å². The number of hydrogen-bond donors (Lipinski definition) is 1. The molecule has 2 aromatic carbocycles. The van der Waals surface area contributed by atoms with E-state index in [2.05, 4.69) is 21.4 Å². The Kier molecular flexibility index (Phi) is 5.03. The first kappa shape index (κ1) is 17.5. The number of nitrogens with one attached hydrogen (secondary N) is 1. The number of benzene rings is 2. The van der Waals surface area contributed by atoms with Crippen LogP contribution in [0, 0.1) is 0 Å². The molecule has 0 aliphatic carbocycles. The molecule has 27 heavy (non-hydrogen) atoms. The van der Waals surface area contributed by atoms with E-state index in [1.165, 1.54) is 11.1 Å². The molecule has 0 radical (unpaired) electrons. The highest BCUT2D eigenvalue weighted by Gasteiger charge is 2.26. The zero-order chi connectivity index (χ0) is 18.6. The minimum atomic E-state index is -0.0944. The molecule has 0 spiro atoms. The van der Waals surface area contributed by atoms with Crippen molar-refractivity contribution in [2.45, 2.75) is 12.8 Å². The van der Waals surface area contributed by atoms with E-state index in [1.807, 2.05) is 42.5 Å². The fraction of sp³-hybridized carbons (Fsp3) is 0.190. The molecule has 5 nitrogen and oxygen atoms in total. The topological polar surface area (TPSA) is 58.1 Å². The van der Waals surface area contributed by atoms with Crippen LogP contribution in [0.5, 0.6) is 0 Å². The first-order valence-electron chi connectivity index (χ1n) is 8.92. The lowest BCUT2D eigenvalue weighted by atomic mass is 10.1. The highest BCUT2D eigenvalue weighted by Crippen LogP contribution is 2.28. The molecule has 0 saturated heterocycles. The molecule has 1 aliphatic rings. The maximum absolute atomic E-state index is 12.9. The summed E-state index contributed by atoms with van der Waals surface area (Å²) in [6.07, 6.45) is 3.31. The summed E-state index contributed by atoms with van der Waals surface area (Å²) in [5.41, 5.74) is 3.74. The van der Waals surface area contributed by atoms with E-state index in [-0.39, 0.29) is 5.91 Å². The number of aromatic nitrogens is 2. The highest BCUT2D eigenvalue weighted by molar-refractivity contribution is 6.30. The van der Waals surface area contributed by atoms with Crippen LogP contribution in [0.15, 0.2) is 60.8 Å². The zero-order valence-electron chi connectivity index (χ0n) is 14.7. The fourth-order valence-electron chi connectivity index (χ4n) is 3.22. The maximum Gasteiger partial charge on any atom is 0.277 e. The number of anilines is 2. The van der Waals surface area contributed by atoms with Crippen molar-refractivity contribution < 1.29 is 4.79 Å². The molecule has 1 amide bonds. The van der Waals surface area contributed by atoms with Gasteiger partial charge in [-0.05, 0) is 48.2 Å². The normalized spacial score (nSPS) is 12.7.